The Bertz CT molecular complexity index is 485. The van der Waals surface area contributed by atoms with Crippen LogP contribution in [0.15, 0.2) is 30.3 Å². The van der Waals surface area contributed by atoms with Crippen molar-refractivity contribution in [1.29, 1.82) is 0 Å². The molecule has 2 rings (SSSR count). The molecule has 1 aromatic carbocycles. The second kappa shape index (κ2) is 4.13. The Hall–Kier alpha value is -1.19. The smallest absolute Gasteiger partial charge is 0.151 e. The average molecular weight is 243 g/mol. The third kappa shape index (κ3) is 2.25. The van der Waals surface area contributed by atoms with Crippen molar-refractivity contribution in [2.45, 2.75) is 0 Å². The molecule has 0 fully saturated rings. The summed E-state index contributed by atoms with van der Waals surface area (Å²) < 4.78 is 13.0. The Morgan fingerprint density at radius 3 is 2.47 bits per heavy atom. The maximum atomic E-state index is 13.0. The van der Waals surface area contributed by atoms with Crippen LogP contribution in [0, 0.1) is 5.82 Å². The first-order chi connectivity index (χ1) is 7.16. The second-order valence-electron chi connectivity index (χ2n) is 2.87. The summed E-state index contributed by atoms with van der Waals surface area (Å²) in [6.07, 6.45) is 0. The Morgan fingerprint density at radius 2 is 1.80 bits per heavy atom. The van der Waals surface area contributed by atoms with E-state index in [1.165, 1.54) is 18.2 Å². The van der Waals surface area contributed by atoms with Crippen LogP contribution >= 0.6 is 23.2 Å². The molecule has 1 aromatic heterocycles. The van der Waals surface area contributed by atoms with Crippen molar-refractivity contribution >= 4 is 23.2 Å². The third-order valence-electron chi connectivity index (χ3n) is 1.84. The Morgan fingerprint density at radius 1 is 1.00 bits per heavy atom. The van der Waals surface area contributed by atoms with Crippen LogP contribution in [0.3, 0.4) is 0 Å². The largest absolute Gasteiger partial charge is 0.207 e. The lowest BCUT2D eigenvalue weighted by Crippen LogP contribution is -1.89. The van der Waals surface area contributed by atoms with Crippen LogP contribution in [0.2, 0.25) is 10.2 Å². The third-order valence-corrected chi connectivity index (χ3v) is 2.37. The van der Waals surface area contributed by atoms with Crippen LogP contribution in [0.25, 0.3) is 11.3 Å². The van der Waals surface area contributed by atoms with Gasteiger partial charge in [-0.1, -0.05) is 23.2 Å². The van der Waals surface area contributed by atoms with Crippen LogP contribution in [0.4, 0.5) is 4.39 Å². The molecule has 0 bridgehead atoms. The monoisotopic (exact) mass is 242 g/mol. The van der Waals surface area contributed by atoms with Crippen LogP contribution in [0.1, 0.15) is 0 Å². The molecule has 0 radical (unpaired) electrons. The Balaban J connectivity index is 2.53. The fourth-order valence-corrected chi connectivity index (χ4v) is 1.47. The van der Waals surface area contributed by atoms with Gasteiger partial charge in [0.05, 0.1) is 10.7 Å². The summed E-state index contributed by atoms with van der Waals surface area (Å²) >= 11 is 11.5. The summed E-state index contributed by atoms with van der Waals surface area (Å²) in [5.74, 6) is -0.369. The molecule has 0 spiro atoms. The van der Waals surface area contributed by atoms with Crippen molar-refractivity contribution in [3.63, 3.8) is 0 Å². The van der Waals surface area contributed by atoms with E-state index < -0.39 is 0 Å². The topological polar surface area (TPSA) is 25.8 Å². The highest BCUT2D eigenvalue weighted by atomic mass is 35.5. The predicted molar refractivity (Wildman–Crippen MR) is 57.4 cm³/mol. The number of halogens is 3. The molecule has 76 valence electrons. The molecule has 0 saturated carbocycles. The van der Waals surface area contributed by atoms with Gasteiger partial charge in [0.1, 0.15) is 5.82 Å². The summed E-state index contributed by atoms with van der Waals surface area (Å²) in [5.41, 5.74) is 0.990. The van der Waals surface area contributed by atoms with Crippen LogP contribution in [-0.4, -0.2) is 10.2 Å². The molecular formula is C10H5Cl2FN2. The number of rotatable bonds is 1. The van der Waals surface area contributed by atoms with Crippen molar-refractivity contribution in [2.24, 2.45) is 0 Å². The lowest BCUT2D eigenvalue weighted by atomic mass is 10.1. The van der Waals surface area contributed by atoms with Crippen molar-refractivity contribution < 1.29 is 4.39 Å². The van der Waals surface area contributed by atoms with E-state index in [2.05, 4.69) is 10.2 Å². The molecule has 2 nitrogen and oxygen atoms in total. The summed E-state index contributed by atoms with van der Waals surface area (Å²) in [6, 6.07) is 7.28. The highest BCUT2D eigenvalue weighted by Gasteiger charge is 2.06. The molecule has 5 heteroatoms. The van der Waals surface area contributed by atoms with Gasteiger partial charge in [-0.15, -0.1) is 10.2 Å². The second-order valence-corrected chi connectivity index (χ2v) is 3.66. The van der Waals surface area contributed by atoms with Gasteiger partial charge in [0, 0.05) is 5.56 Å². The maximum Gasteiger partial charge on any atom is 0.151 e. The molecule has 0 aliphatic carbocycles. The maximum absolute atomic E-state index is 13.0. The van der Waals surface area contributed by atoms with Gasteiger partial charge in [0.2, 0.25) is 0 Å². The van der Waals surface area contributed by atoms with Gasteiger partial charge in [0.25, 0.3) is 0 Å². The van der Waals surface area contributed by atoms with Gasteiger partial charge >= 0.3 is 0 Å². The van der Waals surface area contributed by atoms with E-state index in [0.717, 1.165) is 0 Å². The molecular weight excluding hydrogens is 238 g/mol. The van der Waals surface area contributed by atoms with Crippen molar-refractivity contribution in [1.82, 2.24) is 10.2 Å². The van der Waals surface area contributed by atoms with E-state index in [1.54, 1.807) is 12.1 Å². The Labute approximate surface area is 95.7 Å². The Kier molecular flexibility index (Phi) is 2.84. The van der Waals surface area contributed by atoms with E-state index in [0.29, 0.717) is 16.3 Å². The van der Waals surface area contributed by atoms with E-state index in [1.807, 2.05) is 0 Å². The van der Waals surface area contributed by atoms with Gasteiger partial charge in [-0.3, -0.25) is 0 Å². The number of aromatic nitrogens is 2. The van der Waals surface area contributed by atoms with Crippen LogP contribution in [-0.2, 0) is 0 Å². The van der Waals surface area contributed by atoms with Crippen LogP contribution < -0.4 is 0 Å². The fraction of sp³-hybridized carbons (Fsp3) is 0. The zero-order valence-electron chi connectivity index (χ0n) is 7.42. The van der Waals surface area contributed by atoms with Crippen LogP contribution in [0.5, 0.6) is 0 Å². The predicted octanol–water partition coefficient (Wildman–Crippen LogP) is 3.59. The molecule has 1 heterocycles. The van der Waals surface area contributed by atoms with E-state index in [4.69, 9.17) is 23.2 Å². The van der Waals surface area contributed by atoms with Gasteiger partial charge in [0.15, 0.2) is 5.15 Å². The molecule has 0 saturated heterocycles. The van der Waals surface area contributed by atoms with Gasteiger partial charge in [-0.05, 0) is 30.3 Å². The molecule has 0 aliphatic heterocycles. The standard InChI is InChI=1S/C10H5Cl2FN2/c11-8-2-1-6(13)5-7(8)9-3-4-10(12)15-14-9/h1-5H. The summed E-state index contributed by atoms with van der Waals surface area (Å²) in [7, 11) is 0. The summed E-state index contributed by atoms with van der Waals surface area (Å²) in [6.45, 7) is 0. The molecule has 0 unspecified atom stereocenters. The van der Waals surface area contributed by atoms with Gasteiger partial charge in [-0.2, -0.15) is 0 Å². The number of hydrogen-bond acceptors (Lipinski definition) is 2. The van der Waals surface area contributed by atoms with Crippen molar-refractivity contribution in [2.75, 3.05) is 0 Å². The highest BCUT2D eigenvalue weighted by Crippen LogP contribution is 2.26. The van der Waals surface area contributed by atoms with E-state index >= 15 is 0 Å². The molecule has 15 heavy (non-hydrogen) atoms. The van der Waals surface area contributed by atoms with Crippen molar-refractivity contribution in [3.8, 4) is 11.3 Å². The summed E-state index contributed by atoms with van der Waals surface area (Å²) in [4.78, 5) is 0. The minimum Gasteiger partial charge on any atom is -0.207 e. The summed E-state index contributed by atoms with van der Waals surface area (Å²) in [5, 5.41) is 8.19. The normalized spacial score (nSPS) is 10.3. The van der Waals surface area contributed by atoms with Crippen molar-refractivity contribution in [3.05, 3.63) is 46.3 Å². The van der Waals surface area contributed by atoms with E-state index in [9.17, 15) is 4.39 Å². The zero-order valence-corrected chi connectivity index (χ0v) is 8.93. The van der Waals surface area contributed by atoms with Gasteiger partial charge in [-0.25, -0.2) is 4.39 Å². The first-order valence-corrected chi connectivity index (χ1v) is 4.87. The highest BCUT2D eigenvalue weighted by molar-refractivity contribution is 6.33. The first-order valence-electron chi connectivity index (χ1n) is 4.11. The fourth-order valence-electron chi connectivity index (χ4n) is 1.15. The molecule has 0 aliphatic rings. The average Bonchev–Trinajstić information content (AvgIpc) is 2.23. The quantitative estimate of drug-likeness (QED) is 0.764. The first kappa shape index (κ1) is 10.3. The number of nitrogens with zero attached hydrogens (tertiary/aromatic N) is 2. The van der Waals surface area contributed by atoms with Gasteiger partial charge < -0.3 is 0 Å². The SMILES string of the molecule is Fc1ccc(Cl)c(-c2ccc(Cl)nn2)c1. The molecule has 0 atom stereocenters. The lowest BCUT2D eigenvalue weighted by Gasteiger charge is -2.02. The van der Waals surface area contributed by atoms with E-state index in [-0.39, 0.29) is 11.0 Å². The lowest BCUT2D eigenvalue weighted by molar-refractivity contribution is 0.628. The number of hydrogen-bond donors (Lipinski definition) is 0. The molecule has 0 N–H and O–H groups in total. The molecule has 0 amide bonds. The minimum absolute atomic E-state index is 0.284. The molecule has 2 aromatic rings. The minimum atomic E-state index is -0.369. The number of benzene rings is 1. The zero-order chi connectivity index (χ0) is 10.8.